The molecule has 0 aliphatic rings. The van der Waals surface area contributed by atoms with E-state index < -0.39 is 0 Å². The van der Waals surface area contributed by atoms with Crippen molar-refractivity contribution < 1.29 is 9.26 Å². The standard InChI is InChI=1S/C13H17N3O2/c1-8(2)17-11-6-4-5-10(7-11)13-15-12(9(3)14)16-18-13/h4-9H,14H2,1-3H3. The molecule has 2 N–H and O–H groups in total. The molecule has 1 heterocycles. The fraction of sp³-hybridized carbons (Fsp3) is 0.385. The van der Waals surface area contributed by atoms with Crippen LogP contribution in [0.2, 0.25) is 0 Å². The zero-order valence-electron chi connectivity index (χ0n) is 10.8. The summed E-state index contributed by atoms with van der Waals surface area (Å²) in [6.07, 6.45) is 0.127. The summed E-state index contributed by atoms with van der Waals surface area (Å²) < 4.78 is 10.8. The second kappa shape index (κ2) is 5.18. The van der Waals surface area contributed by atoms with E-state index in [1.807, 2.05) is 45.0 Å². The summed E-state index contributed by atoms with van der Waals surface area (Å²) in [6, 6.07) is 7.32. The van der Waals surface area contributed by atoms with E-state index in [9.17, 15) is 0 Å². The van der Waals surface area contributed by atoms with Gasteiger partial charge < -0.3 is 15.0 Å². The first kappa shape index (κ1) is 12.6. The monoisotopic (exact) mass is 247 g/mol. The SMILES string of the molecule is CC(C)Oc1cccc(-c2nc(C(C)N)no2)c1. The van der Waals surface area contributed by atoms with Crippen molar-refractivity contribution in [3.63, 3.8) is 0 Å². The molecule has 1 atom stereocenters. The molecule has 5 nitrogen and oxygen atoms in total. The molecule has 0 radical (unpaired) electrons. The van der Waals surface area contributed by atoms with Gasteiger partial charge in [0.05, 0.1) is 12.1 Å². The first-order valence-corrected chi connectivity index (χ1v) is 5.92. The Morgan fingerprint density at radius 3 is 2.67 bits per heavy atom. The van der Waals surface area contributed by atoms with Crippen LogP contribution >= 0.6 is 0 Å². The highest BCUT2D eigenvalue weighted by Gasteiger charge is 2.12. The molecule has 96 valence electrons. The Hall–Kier alpha value is -1.88. The number of rotatable bonds is 4. The molecular weight excluding hydrogens is 230 g/mol. The van der Waals surface area contributed by atoms with Gasteiger partial charge in [0.2, 0.25) is 0 Å². The van der Waals surface area contributed by atoms with Crippen LogP contribution in [0.4, 0.5) is 0 Å². The molecule has 0 spiro atoms. The van der Waals surface area contributed by atoms with Crippen LogP contribution in [-0.2, 0) is 0 Å². The molecule has 2 aromatic rings. The van der Waals surface area contributed by atoms with Crippen LogP contribution in [0, 0.1) is 0 Å². The Morgan fingerprint density at radius 2 is 2.06 bits per heavy atom. The summed E-state index contributed by atoms with van der Waals surface area (Å²) in [5.74, 6) is 1.74. The minimum absolute atomic E-state index is 0.127. The maximum atomic E-state index is 5.69. The maximum Gasteiger partial charge on any atom is 0.258 e. The van der Waals surface area contributed by atoms with E-state index in [0.717, 1.165) is 11.3 Å². The van der Waals surface area contributed by atoms with Gasteiger partial charge >= 0.3 is 0 Å². The van der Waals surface area contributed by atoms with Gasteiger partial charge in [0.1, 0.15) is 5.75 Å². The van der Waals surface area contributed by atoms with Crippen molar-refractivity contribution >= 4 is 0 Å². The summed E-state index contributed by atoms with van der Waals surface area (Å²) in [6.45, 7) is 5.77. The van der Waals surface area contributed by atoms with Gasteiger partial charge in [0.25, 0.3) is 5.89 Å². The molecular formula is C13H17N3O2. The number of aromatic nitrogens is 2. The van der Waals surface area contributed by atoms with E-state index in [1.54, 1.807) is 0 Å². The van der Waals surface area contributed by atoms with Crippen molar-refractivity contribution in [1.82, 2.24) is 10.1 Å². The number of nitrogens with zero attached hydrogens (tertiary/aromatic N) is 2. The van der Waals surface area contributed by atoms with Crippen molar-refractivity contribution in [2.24, 2.45) is 5.73 Å². The van der Waals surface area contributed by atoms with E-state index in [1.165, 1.54) is 0 Å². The second-order valence-corrected chi connectivity index (χ2v) is 4.44. The van der Waals surface area contributed by atoms with Gasteiger partial charge in [0, 0.05) is 5.56 Å². The van der Waals surface area contributed by atoms with Gasteiger partial charge in [-0.1, -0.05) is 11.2 Å². The van der Waals surface area contributed by atoms with Gasteiger partial charge in [0.15, 0.2) is 5.82 Å². The third-order valence-corrected chi connectivity index (χ3v) is 2.30. The molecule has 0 saturated carbocycles. The molecule has 1 aromatic heterocycles. The van der Waals surface area contributed by atoms with Crippen LogP contribution in [0.5, 0.6) is 5.75 Å². The van der Waals surface area contributed by atoms with E-state index in [4.69, 9.17) is 15.0 Å². The zero-order valence-corrected chi connectivity index (χ0v) is 10.8. The van der Waals surface area contributed by atoms with E-state index in [0.29, 0.717) is 11.7 Å². The smallest absolute Gasteiger partial charge is 0.258 e. The van der Waals surface area contributed by atoms with E-state index in [2.05, 4.69) is 10.1 Å². The molecule has 18 heavy (non-hydrogen) atoms. The maximum absolute atomic E-state index is 5.69. The molecule has 2 rings (SSSR count). The molecule has 0 aliphatic carbocycles. The lowest BCUT2D eigenvalue weighted by atomic mass is 10.2. The molecule has 1 unspecified atom stereocenters. The highest BCUT2D eigenvalue weighted by molar-refractivity contribution is 5.55. The normalized spacial score (nSPS) is 12.7. The zero-order chi connectivity index (χ0) is 13.1. The van der Waals surface area contributed by atoms with Crippen molar-refractivity contribution in [3.8, 4) is 17.2 Å². The van der Waals surface area contributed by atoms with Gasteiger partial charge in [-0.15, -0.1) is 0 Å². The Labute approximate surface area is 106 Å². The first-order valence-electron chi connectivity index (χ1n) is 5.92. The summed E-state index contributed by atoms with van der Waals surface area (Å²) >= 11 is 0. The summed E-state index contributed by atoms with van der Waals surface area (Å²) in [5.41, 5.74) is 6.52. The van der Waals surface area contributed by atoms with Gasteiger partial charge in [-0.3, -0.25) is 0 Å². The third-order valence-electron chi connectivity index (χ3n) is 2.30. The molecule has 0 fully saturated rings. The molecule has 1 aromatic carbocycles. The largest absolute Gasteiger partial charge is 0.491 e. The van der Waals surface area contributed by atoms with Crippen molar-refractivity contribution in [1.29, 1.82) is 0 Å². The number of ether oxygens (including phenoxy) is 1. The molecule has 0 amide bonds. The lowest BCUT2D eigenvalue weighted by Crippen LogP contribution is -2.06. The minimum atomic E-state index is -0.238. The Bertz CT molecular complexity index is 520. The number of benzene rings is 1. The van der Waals surface area contributed by atoms with Crippen molar-refractivity contribution in [3.05, 3.63) is 30.1 Å². The Balaban J connectivity index is 2.26. The number of nitrogens with two attached hydrogens (primary N) is 1. The molecule has 5 heteroatoms. The predicted molar refractivity (Wildman–Crippen MR) is 68.1 cm³/mol. The Morgan fingerprint density at radius 1 is 1.28 bits per heavy atom. The first-order chi connectivity index (χ1) is 8.56. The van der Waals surface area contributed by atoms with Crippen molar-refractivity contribution in [2.45, 2.75) is 32.9 Å². The lowest BCUT2D eigenvalue weighted by molar-refractivity contribution is 0.242. The van der Waals surface area contributed by atoms with Crippen molar-refractivity contribution in [2.75, 3.05) is 0 Å². The van der Waals surface area contributed by atoms with Crippen LogP contribution in [0.1, 0.15) is 32.6 Å². The number of hydrogen-bond acceptors (Lipinski definition) is 5. The summed E-state index contributed by atoms with van der Waals surface area (Å²) in [4.78, 5) is 4.24. The predicted octanol–water partition coefficient (Wildman–Crippen LogP) is 2.54. The van der Waals surface area contributed by atoms with Crippen LogP contribution in [0.15, 0.2) is 28.8 Å². The topological polar surface area (TPSA) is 74.2 Å². The Kier molecular flexibility index (Phi) is 3.62. The fourth-order valence-corrected chi connectivity index (χ4v) is 1.51. The highest BCUT2D eigenvalue weighted by Crippen LogP contribution is 2.23. The van der Waals surface area contributed by atoms with Crippen LogP contribution in [0.3, 0.4) is 0 Å². The molecule has 0 saturated heterocycles. The van der Waals surface area contributed by atoms with E-state index >= 15 is 0 Å². The highest BCUT2D eigenvalue weighted by atomic mass is 16.5. The molecule has 0 bridgehead atoms. The van der Waals surface area contributed by atoms with E-state index in [-0.39, 0.29) is 12.1 Å². The quantitative estimate of drug-likeness (QED) is 0.898. The average Bonchev–Trinajstić information content (AvgIpc) is 2.77. The lowest BCUT2D eigenvalue weighted by Gasteiger charge is -2.09. The van der Waals surface area contributed by atoms with Crippen LogP contribution in [-0.4, -0.2) is 16.2 Å². The summed E-state index contributed by atoms with van der Waals surface area (Å²) in [7, 11) is 0. The van der Waals surface area contributed by atoms with Gasteiger partial charge in [-0.25, -0.2) is 0 Å². The average molecular weight is 247 g/mol. The van der Waals surface area contributed by atoms with Crippen LogP contribution in [0.25, 0.3) is 11.5 Å². The number of hydrogen-bond donors (Lipinski definition) is 1. The summed E-state index contributed by atoms with van der Waals surface area (Å²) in [5, 5.41) is 3.83. The third kappa shape index (κ3) is 2.87. The fourth-order valence-electron chi connectivity index (χ4n) is 1.51. The van der Waals surface area contributed by atoms with Gasteiger partial charge in [-0.2, -0.15) is 4.98 Å². The van der Waals surface area contributed by atoms with Gasteiger partial charge in [-0.05, 0) is 39.0 Å². The van der Waals surface area contributed by atoms with Crippen LogP contribution < -0.4 is 10.5 Å². The second-order valence-electron chi connectivity index (χ2n) is 4.44. The minimum Gasteiger partial charge on any atom is -0.491 e. The molecule has 0 aliphatic heterocycles.